The zero-order valence-corrected chi connectivity index (χ0v) is 9.64. The van der Waals surface area contributed by atoms with Crippen LogP contribution in [-0.2, 0) is 4.79 Å². The second-order valence-corrected chi connectivity index (χ2v) is 3.74. The van der Waals surface area contributed by atoms with Gasteiger partial charge in [-0.1, -0.05) is 19.1 Å². The number of aromatic nitrogens is 2. The minimum atomic E-state index is -0.197. The molecule has 17 heavy (non-hydrogen) atoms. The fourth-order valence-corrected chi connectivity index (χ4v) is 1.53. The Kier molecular flexibility index (Phi) is 3.55. The van der Waals surface area contributed by atoms with Crippen LogP contribution >= 0.6 is 0 Å². The summed E-state index contributed by atoms with van der Waals surface area (Å²) in [6, 6.07) is 7.41. The molecule has 4 nitrogen and oxygen atoms in total. The molecule has 0 unspecified atom stereocenters. The zero-order chi connectivity index (χ0) is 12.1. The van der Waals surface area contributed by atoms with E-state index in [1.807, 2.05) is 25.1 Å². The van der Waals surface area contributed by atoms with E-state index in [4.69, 9.17) is 4.74 Å². The van der Waals surface area contributed by atoms with E-state index in [-0.39, 0.29) is 5.97 Å². The summed E-state index contributed by atoms with van der Waals surface area (Å²) in [5.41, 5.74) is 1.94. The smallest absolute Gasteiger partial charge is 0.311 e. The van der Waals surface area contributed by atoms with Crippen molar-refractivity contribution in [3.8, 4) is 16.9 Å². The molecule has 1 N–H and O–H groups in total. The first-order chi connectivity index (χ1) is 8.29. The quantitative estimate of drug-likeness (QED) is 0.649. The van der Waals surface area contributed by atoms with Crippen LogP contribution in [0.2, 0.25) is 0 Å². The number of H-pyrrole nitrogens is 1. The fourth-order valence-electron chi connectivity index (χ4n) is 1.53. The molecular formula is C13H14N2O2. The van der Waals surface area contributed by atoms with Crippen molar-refractivity contribution in [1.82, 2.24) is 10.2 Å². The van der Waals surface area contributed by atoms with Gasteiger partial charge in [-0.15, -0.1) is 0 Å². The summed E-state index contributed by atoms with van der Waals surface area (Å²) in [4.78, 5) is 11.4. The molecule has 0 bridgehead atoms. The highest BCUT2D eigenvalue weighted by Crippen LogP contribution is 2.22. The van der Waals surface area contributed by atoms with Crippen molar-refractivity contribution in [2.45, 2.75) is 19.8 Å². The maximum absolute atomic E-state index is 11.4. The number of esters is 1. The number of hydrogen-bond acceptors (Lipinski definition) is 3. The van der Waals surface area contributed by atoms with E-state index in [0.29, 0.717) is 12.2 Å². The number of ether oxygens (including phenoxy) is 1. The maximum atomic E-state index is 11.4. The normalized spacial score (nSPS) is 10.2. The molecule has 1 aromatic carbocycles. The van der Waals surface area contributed by atoms with Crippen LogP contribution in [0.25, 0.3) is 11.1 Å². The van der Waals surface area contributed by atoms with E-state index in [1.165, 1.54) is 0 Å². The highest BCUT2D eigenvalue weighted by Gasteiger charge is 2.05. The van der Waals surface area contributed by atoms with Gasteiger partial charge in [0.15, 0.2) is 0 Å². The lowest BCUT2D eigenvalue weighted by Gasteiger charge is -2.04. The number of carbonyl (C=O) groups is 1. The average molecular weight is 230 g/mol. The van der Waals surface area contributed by atoms with Crippen molar-refractivity contribution >= 4 is 5.97 Å². The van der Waals surface area contributed by atoms with Crippen molar-refractivity contribution in [3.05, 3.63) is 36.7 Å². The van der Waals surface area contributed by atoms with Crippen molar-refractivity contribution < 1.29 is 9.53 Å². The van der Waals surface area contributed by atoms with E-state index in [2.05, 4.69) is 10.2 Å². The predicted octanol–water partition coefficient (Wildman–Crippen LogP) is 2.78. The molecule has 0 saturated heterocycles. The van der Waals surface area contributed by atoms with Gasteiger partial charge in [0, 0.05) is 18.2 Å². The number of nitrogens with one attached hydrogen (secondary N) is 1. The first-order valence-electron chi connectivity index (χ1n) is 5.59. The Morgan fingerprint density at radius 1 is 1.41 bits per heavy atom. The van der Waals surface area contributed by atoms with Gasteiger partial charge < -0.3 is 4.74 Å². The van der Waals surface area contributed by atoms with Gasteiger partial charge in [-0.2, -0.15) is 5.10 Å². The van der Waals surface area contributed by atoms with Crippen LogP contribution in [-0.4, -0.2) is 16.2 Å². The maximum Gasteiger partial charge on any atom is 0.311 e. The number of nitrogens with zero attached hydrogens (tertiary/aromatic N) is 1. The second kappa shape index (κ2) is 5.30. The number of hydrogen-bond donors (Lipinski definition) is 1. The van der Waals surface area contributed by atoms with Crippen molar-refractivity contribution in [3.63, 3.8) is 0 Å². The fraction of sp³-hybridized carbons (Fsp3) is 0.231. The molecule has 0 radical (unpaired) electrons. The van der Waals surface area contributed by atoms with E-state index >= 15 is 0 Å². The molecule has 1 aromatic heterocycles. The molecule has 0 amide bonds. The van der Waals surface area contributed by atoms with E-state index < -0.39 is 0 Å². The molecule has 0 aliphatic rings. The highest BCUT2D eigenvalue weighted by molar-refractivity contribution is 5.73. The van der Waals surface area contributed by atoms with Gasteiger partial charge in [0.2, 0.25) is 0 Å². The summed E-state index contributed by atoms with van der Waals surface area (Å²) in [5.74, 6) is 0.374. The van der Waals surface area contributed by atoms with Crippen molar-refractivity contribution in [1.29, 1.82) is 0 Å². The lowest BCUT2D eigenvalue weighted by atomic mass is 10.1. The number of rotatable bonds is 4. The second-order valence-electron chi connectivity index (χ2n) is 3.74. The molecule has 0 saturated carbocycles. The Hall–Kier alpha value is -2.10. The van der Waals surface area contributed by atoms with Crippen LogP contribution in [0.5, 0.6) is 5.75 Å². The molecule has 1 heterocycles. The summed E-state index contributed by atoms with van der Waals surface area (Å²) in [7, 11) is 0. The van der Waals surface area contributed by atoms with Gasteiger partial charge in [0.25, 0.3) is 0 Å². The Bertz CT molecular complexity index is 492. The van der Waals surface area contributed by atoms with Crippen molar-refractivity contribution in [2.24, 2.45) is 0 Å². The third-order valence-corrected chi connectivity index (χ3v) is 2.35. The van der Waals surface area contributed by atoms with Gasteiger partial charge in [0.05, 0.1) is 6.20 Å². The third kappa shape index (κ3) is 2.93. The molecule has 4 heteroatoms. The lowest BCUT2D eigenvalue weighted by molar-refractivity contribution is -0.134. The van der Waals surface area contributed by atoms with E-state index in [9.17, 15) is 4.79 Å². The standard InChI is InChI=1S/C13H14N2O2/c1-2-4-13(16)17-12-6-3-5-10(7-12)11-8-14-15-9-11/h3,5-9H,2,4H2,1H3,(H,14,15). The van der Waals surface area contributed by atoms with Gasteiger partial charge in [-0.05, 0) is 24.1 Å². The van der Waals surface area contributed by atoms with E-state index in [0.717, 1.165) is 17.5 Å². The van der Waals surface area contributed by atoms with Gasteiger partial charge in [-0.3, -0.25) is 9.89 Å². The van der Waals surface area contributed by atoms with Crippen LogP contribution in [0.3, 0.4) is 0 Å². The monoisotopic (exact) mass is 230 g/mol. The first kappa shape index (κ1) is 11.4. The Labute approximate surface area is 99.6 Å². The molecule has 0 aliphatic carbocycles. The van der Waals surface area contributed by atoms with E-state index in [1.54, 1.807) is 18.5 Å². The number of carbonyl (C=O) groups excluding carboxylic acids is 1. The topological polar surface area (TPSA) is 55.0 Å². The SMILES string of the molecule is CCCC(=O)Oc1cccc(-c2cn[nH]c2)c1. The van der Waals surface area contributed by atoms with Gasteiger partial charge in [-0.25, -0.2) is 0 Å². The summed E-state index contributed by atoms with van der Waals surface area (Å²) >= 11 is 0. The lowest BCUT2D eigenvalue weighted by Crippen LogP contribution is -2.06. The van der Waals surface area contributed by atoms with Crippen LogP contribution in [0.1, 0.15) is 19.8 Å². The first-order valence-corrected chi connectivity index (χ1v) is 5.59. The van der Waals surface area contributed by atoms with Gasteiger partial charge in [0.1, 0.15) is 5.75 Å². The van der Waals surface area contributed by atoms with Crippen LogP contribution < -0.4 is 4.74 Å². The zero-order valence-electron chi connectivity index (χ0n) is 9.64. The summed E-state index contributed by atoms with van der Waals surface area (Å²) in [6.07, 6.45) is 4.76. The Morgan fingerprint density at radius 2 is 2.29 bits per heavy atom. The average Bonchev–Trinajstić information content (AvgIpc) is 2.83. The molecule has 0 spiro atoms. The molecule has 2 rings (SSSR count). The van der Waals surface area contributed by atoms with Crippen LogP contribution in [0, 0.1) is 0 Å². The Morgan fingerprint density at radius 3 is 3.00 bits per heavy atom. The summed E-state index contributed by atoms with van der Waals surface area (Å²) in [5, 5.41) is 6.64. The molecular weight excluding hydrogens is 216 g/mol. The van der Waals surface area contributed by atoms with Crippen molar-refractivity contribution in [2.75, 3.05) is 0 Å². The number of aromatic amines is 1. The highest BCUT2D eigenvalue weighted by atomic mass is 16.5. The molecule has 2 aromatic rings. The van der Waals surface area contributed by atoms with Crippen LogP contribution in [0.4, 0.5) is 0 Å². The summed E-state index contributed by atoms with van der Waals surface area (Å²) in [6.45, 7) is 1.95. The molecule has 0 aliphatic heterocycles. The van der Waals surface area contributed by atoms with Gasteiger partial charge >= 0.3 is 5.97 Å². The minimum absolute atomic E-state index is 0.197. The number of benzene rings is 1. The Balaban J connectivity index is 2.15. The molecule has 0 fully saturated rings. The predicted molar refractivity (Wildman–Crippen MR) is 64.6 cm³/mol. The third-order valence-electron chi connectivity index (χ3n) is 2.35. The largest absolute Gasteiger partial charge is 0.427 e. The molecule has 88 valence electrons. The summed E-state index contributed by atoms with van der Waals surface area (Å²) < 4.78 is 5.22. The van der Waals surface area contributed by atoms with Crippen LogP contribution in [0.15, 0.2) is 36.7 Å². The molecule has 0 atom stereocenters. The minimum Gasteiger partial charge on any atom is -0.427 e.